The van der Waals surface area contributed by atoms with Crippen LogP contribution in [-0.2, 0) is 5.41 Å². The fourth-order valence-electron chi connectivity index (χ4n) is 4.96. The van der Waals surface area contributed by atoms with Crippen LogP contribution >= 0.6 is 11.6 Å². The molecule has 0 bridgehead atoms. The Morgan fingerprint density at radius 2 is 1.23 bits per heavy atom. The van der Waals surface area contributed by atoms with Gasteiger partial charge in [-0.3, -0.25) is 4.98 Å². The molecule has 6 rings (SSSR count). The first-order valence-electron chi connectivity index (χ1n) is 8.76. The molecule has 1 heterocycles. The number of fused-ring (bicyclic) bond motifs is 10. The van der Waals surface area contributed by atoms with Crippen LogP contribution in [0.5, 0.6) is 0 Å². The molecule has 2 aliphatic rings. The Bertz CT molecular complexity index is 1140. The van der Waals surface area contributed by atoms with E-state index in [1.54, 1.807) is 0 Å². The van der Waals surface area contributed by atoms with Crippen molar-refractivity contribution in [3.05, 3.63) is 112 Å². The smallest absolute Gasteiger partial charge is 0.0727 e. The van der Waals surface area contributed by atoms with E-state index in [1.165, 1.54) is 44.5 Å². The number of nitrogens with zero attached hydrogens (tertiary/aromatic N) is 1. The monoisotopic (exact) mass is 351 g/mol. The summed E-state index contributed by atoms with van der Waals surface area (Å²) in [5.41, 5.74) is 9.93. The highest BCUT2D eigenvalue weighted by Gasteiger charge is 2.51. The Labute approximate surface area is 156 Å². The number of hydrogen-bond acceptors (Lipinski definition) is 1. The number of pyridine rings is 1. The Morgan fingerprint density at radius 3 is 2.00 bits per heavy atom. The van der Waals surface area contributed by atoms with E-state index in [1.807, 2.05) is 18.5 Å². The molecule has 0 saturated heterocycles. The second kappa shape index (κ2) is 4.84. The molecule has 0 fully saturated rings. The van der Waals surface area contributed by atoms with Gasteiger partial charge >= 0.3 is 0 Å². The first-order valence-corrected chi connectivity index (χ1v) is 9.14. The molecule has 122 valence electrons. The zero-order chi connectivity index (χ0) is 17.3. The highest BCUT2D eigenvalue weighted by atomic mass is 35.5. The first-order chi connectivity index (χ1) is 12.8. The molecule has 4 aromatic rings. The van der Waals surface area contributed by atoms with E-state index in [4.69, 9.17) is 11.6 Å². The largest absolute Gasteiger partial charge is 0.264 e. The molecule has 26 heavy (non-hydrogen) atoms. The average molecular weight is 352 g/mol. The molecule has 1 nitrogen and oxygen atoms in total. The first kappa shape index (κ1) is 14.3. The van der Waals surface area contributed by atoms with Crippen molar-refractivity contribution in [3.63, 3.8) is 0 Å². The highest BCUT2D eigenvalue weighted by molar-refractivity contribution is 6.30. The SMILES string of the molecule is Clc1ccc2c(c1)C1(c3ccccc3-c3cnccc31)c1ccccc1-2. The van der Waals surface area contributed by atoms with Crippen LogP contribution in [0.25, 0.3) is 22.3 Å². The molecule has 1 atom stereocenters. The molecule has 1 aromatic heterocycles. The Hall–Kier alpha value is -2.90. The molecule has 0 aliphatic heterocycles. The van der Waals surface area contributed by atoms with Crippen LogP contribution in [0, 0.1) is 0 Å². The summed E-state index contributed by atoms with van der Waals surface area (Å²) in [5, 5.41) is 0.774. The zero-order valence-corrected chi connectivity index (χ0v) is 14.7. The van der Waals surface area contributed by atoms with Gasteiger partial charge in [0.05, 0.1) is 5.41 Å². The zero-order valence-electron chi connectivity index (χ0n) is 13.9. The van der Waals surface area contributed by atoms with Gasteiger partial charge < -0.3 is 0 Å². The average Bonchev–Trinajstić information content (AvgIpc) is 3.15. The summed E-state index contributed by atoms with van der Waals surface area (Å²) in [6.07, 6.45) is 3.89. The third-order valence-electron chi connectivity index (χ3n) is 5.85. The Balaban J connectivity index is 1.88. The van der Waals surface area contributed by atoms with Gasteiger partial charge in [-0.25, -0.2) is 0 Å². The maximum Gasteiger partial charge on any atom is 0.0727 e. The van der Waals surface area contributed by atoms with Gasteiger partial charge in [-0.05, 0) is 57.1 Å². The van der Waals surface area contributed by atoms with E-state index in [2.05, 4.69) is 71.7 Å². The van der Waals surface area contributed by atoms with Crippen LogP contribution in [0.1, 0.15) is 22.3 Å². The predicted molar refractivity (Wildman–Crippen MR) is 106 cm³/mol. The van der Waals surface area contributed by atoms with Gasteiger partial charge in [0, 0.05) is 23.0 Å². The minimum absolute atomic E-state index is 0.314. The lowest BCUT2D eigenvalue weighted by Crippen LogP contribution is -2.25. The topological polar surface area (TPSA) is 12.9 Å². The lowest BCUT2D eigenvalue weighted by molar-refractivity contribution is 0.792. The summed E-state index contributed by atoms with van der Waals surface area (Å²) in [6.45, 7) is 0. The van der Waals surface area contributed by atoms with Crippen LogP contribution in [-0.4, -0.2) is 4.98 Å². The number of aromatic nitrogens is 1. The van der Waals surface area contributed by atoms with E-state index in [9.17, 15) is 0 Å². The molecule has 3 aromatic carbocycles. The molecule has 2 heteroatoms. The number of halogens is 1. The summed E-state index contributed by atoms with van der Waals surface area (Å²) in [4.78, 5) is 4.41. The summed E-state index contributed by atoms with van der Waals surface area (Å²) in [7, 11) is 0. The second-order valence-electron chi connectivity index (χ2n) is 6.95. The Kier molecular flexibility index (Phi) is 2.66. The quantitative estimate of drug-likeness (QED) is 0.323. The van der Waals surface area contributed by atoms with Gasteiger partial charge in [-0.2, -0.15) is 0 Å². The second-order valence-corrected chi connectivity index (χ2v) is 7.39. The van der Waals surface area contributed by atoms with Crippen LogP contribution in [0.3, 0.4) is 0 Å². The standard InChI is InChI=1S/C24H14ClN/c25-15-9-10-18-16-5-1-3-7-20(16)24(23(18)13-15)21-8-4-2-6-17(21)19-14-26-12-11-22(19)24/h1-14H. The molecule has 0 amide bonds. The van der Waals surface area contributed by atoms with Gasteiger partial charge in [0.15, 0.2) is 0 Å². The summed E-state index contributed by atoms with van der Waals surface area (Å²) in [5.74, 6) is 0. The van der Waals surface area contributed by atoms with Crippen LogP contribution in [0.15, 0.2) is 85.2 Å². The van der Waals surface area contributed by atoms with Gasteiger partial charge in [0.2, 0.25) is 0 Å². The fraction of sp³-hybridized carbons (Fsp3) is 0.0417. The lowest BCUT2D eigenvalue weighted by atomic mass is 9.71. The third-order valence-corrected chi connectivity index (χ3v) is 6.09. The Morgan fingerprint density at radius 1 is 0.615 bits per heavy atom. The molecular weight excluding hydrogens is 338 g/mol. The van der Waals surface area contributed by atoms with Crippen molar-refractivity contribution in [1.29, 1.82) is 0 Å². The van der Waals surface area contributed by atoms with E-state index in [-0.39, 0.29) is 5.41 Å². The van der Waals surface area contributed by atoms with Crippen LogP contribution < -0.4 is 0 Å². The molecule has 1 spiro atoms. The van der Waals surface area contributed by atoms with Gasteiger partial charge in [-0.15, -0.1) is 0 Å². The van der Waals surface area contributed by atoms with E-state index < -0.39 is 0 Å². The van der Waals surface area contributed by atoms with Gasteiger partial charge in [0.1, 0.15) is 0 Å². The van der Waals surface area contributed by atoms with Crippen molar-refractivity contribution >= 4 is 11.6 Å². The van der Waals surface area contributed by atoms with E-state index in [0.717, 1.165) is 5.02 Å². The van der Waals surface area contributed by atoms with Crippen LogP contribution in [0.2, 0.25) is 5.02 Å². The highest BCUT2D eigenvalue weighted by Crippen LogP contribution is 2.62. The summed E-state index contributed by atoms with van der Waals surface area (Å²) in [6, 6.07) is 25.9. The maximum absolute atomic E-state index is 6.47. The van der Waals surface area contributed by atoms with Crippen molar-refractivity contribution in [2.45, 2.75) is 5.41 Å². The van der Waals surface area contributed by atoms with E-state index in [0.29, 0.717) is 0 Å². The van der Waals surface area contributed by atoms with E-state index >= 15 is 0 Å². The van der Waals surface area contributed by atoms with Crippen molar-refractivity contribution in [3.8, 4) is 22.3 Å². The van der Waals surface area contributed by atoms with Crippen molar-refractivity contribution in [2.24, 2.45) is 0 Å². The minimum Gasteiger partial charge on any atom is -0.264 e. The minimum atomic E-state index is -0.314. The van der Waals surface area contributed by atoms with Gasteiger partial charge in [-0.1, -0.05) is 66.2 Å². The number of rotatable bonds is 0. The molecule has 0 radical (unpaired) electrons. The third kappa shape index (κ3) is 1.51. The maximum atomic E-state index is 6.47. The summed E-state index contributed by atoms with van der Waals surface area (Å²) >= 11 is 6.47. The van der Waals surface area contributed by atoms with Crippen molar-refractivity contribution < 1.29 is 0 Å². The van der Waals surface area contributed by atoms with Gasteiger partial charge in [0.25, 0.3) is 0 Å². The molecule has 2 aliphatic carbocycles. The molecule has 1 unspecified atom stereocenters. The van der Waals surface area contributed by atoms with Crippen molar-refractivity contribution in [2.75, 3.05) is 0 Å². The van der Waals surface area contributed by atoms with Crippen LogP contribution in [0.4, 0.5) is 0 Å². The predicted octanol–water partition coefficient (Wildman–Crippen LogP) is 6.08. The molecule has 0 saturated carbocycles. The summed E-state index contributed by atoms with van der Waals surface area (Å²) < 4.78 is 0. The van der Waals surface area contributed by atoms with Crippen molar-refractivity contribution in [1.82, 2.24) is 4.98 Å². The molecular formula is C24H14ClN. The number of benzene rings is 3. The normalized spacial score (nSPS) is 18.3. The lowest BCUT2D eigenvalue weighted by Gasteiger charge is -2.30. The fourth-order valence-corrected chi connectivity index (χ4v) is 5.13. The number of hydrogen-bond donors (Lipinski definition) is 0. The molecule has 0 N–H and O–H groups in total.